The van der Waals surface area contributed by atoms with E-state index in [2.05, 4.69) is 6.58 Å². The lowest BCUT2D eigenvalue weighted by atomic mass is 9.97. The molecule has 1 rings (SSSR count). The van der Waals surface area contributed by atoms with Crippen molar-refractivity contribution in [2.75, 3.05) is 6.61 Å². The summed E-state index contributed by atoms with van der Waals surface area (Å²) in [5.41, 5.74) is 0. The van der Waals surface area contributed by atoms with E-state index in [1.54, 1.807) is 0 Å². The average Bonchev–Trinajstić information content (AvgIpc) is 2.15. The minimum Gasteiger partial charge on any atom is -0.368 e. The molecule has 0 saturated carbocycles. The summed E-state index contributed by atoms with van der Waals surface area (Å²) in [7, 11) is 0. The molecule has 0 aromatic rings. The topological polar surface area (TPSA) is 29.5 Å². The van der Waals surface area contributed by atoms with Gasteiger partial charge in [0, 0.05) is 11.8 Å². The van der Waals surface area contributed by atoms with Gasteiger partial charge >= 0.3 is 0 Å². The smallest absolute Gasteiger partial charge is 0.157 e. The van der Waals surface area contributed by atoms with Crippen LogP contribution in [0.4, 0.5) is 0 Å². The van der Waals surface area contributed by atoms with Crippen molar-refractivity contribution in [3.8, 4) is 0 Å². The molecule has 1 saturated heterocycles. The van der Waals surface area contributed by atoms with Crippen LogP contribution in [0.1, 0.15) is 6.92 Å². The third-order valence-electron chi connectivity index (χ3n) is 1.89. The van der Waals surface area contributed by atoms with Gasteiger partial charge in [-0.25, -0.2) is 0 Å². The maximum atomic E-state index is 9.03. The molecule has 0 aromatic heterocycles. The van der Waals surface area contributed by atoms with E-state index in [1.807, 2.05) is 13.0 Å². The Balaban J connectivity index is 2.50. The predicted octanol–water partition coefficient (Wildman–Crippen LogP) is 0.773. The molecule has 2 nitrogen and oxygen atoms in total. The van der Waals surface area contributed by atoms with E-state index in [0.29, 0.717) is 12.5 Å². The van der Waals surface area contributed by atoms with Crippen LogP contribution in [-0.2, 0) is 4.74 Å². The molecule has 9 heavy (non-hydrogen) atoms. The van der Waals surface area contributed by atoms with Gasteiger partial charge in [-0.2, -0.15) is 0 Å². The Morgan fingerprint density at radius 1 is 1.78 bits per heavy atom. The Labute approximate surface area is 55.1 Å². The van der Waals surface area contributed by atoms with E-state index in [0.717, 1.165) is 0 Å². The normalized spacial score (nSPS) is 43.1. The highest BCUT2D eigenvalue weighted by Gasteiger charge is 2.29. The van der Waals surface area contributed by atoms with Crippen molar-refractivity contribution < 1.29 is 9.84 Å². The molecule has 0 bridgehead atoms. The molecule has 1 aliphatic rings. The molecule has 0 radical (unpaired) electrons. The van der Waals surface area contributed by atoms with Gasteiger partial charge in [0.05, 0.1) is 6.61 Å². The summed E-state index contributed by atoms with van der Waals surface area (Å²) < 4.78 is 4.95. The first-order chi connectivity index (χ1) is 4.25. The Hall–Kier alpha value is -0.340. The van der Waals surface area contributed by atoms with Gasteiger partial charge in [0.25, 0.3) is 0 Å². The summed E-state index contributed by atoms with van der Waals surface area (Å²) >= 11 is 0. The number of ether oxygens (including phenoxy) is 1. The Kier molecular flexibility index (Phi) is 1.88. The molecule has 1 fully saturated rings. The number of hydrogen-bond donors (Lipinski definition) is 1. The van der Waals surface area contributed by atoms with Crippen LogP contribution in [0, 0.1) is 11.8 Å². The van der Waals surface area contributed by atoms with Crippen LogP contribution in [0.5, 0.6) is 0 Å². The third-order valence-corrected chi connectivity index (χ3v) is 1.89. The highest BCUT2D eigenvalue weighted by molar-refractivity contribution is 4.87. The Bertz CT molecular complexity index is 111. The van der Waals surface area contributed by atoms with Crippen LogP contribution in [0.15, 0.2) is 12.7 Å². The molecule has 1 unspecified atom stereocenters. The lowest BCUT2D eigenvalue weighted by Crippen LogP contribution is -2.14. The second-order valence-electron chi connectivity index (χ2n) is 2.48. The van der Waals surface area contributed by atoms with E-state index in [-0.39, 0.29) is 5.92 Å². The summed E-state index contributed by atoms with van der Waals surface area (Å²) in [6, 6.07) is 0. The highest BCUT2D eigenvalue weighted by Crippen LogP contribution is 2.25. The van der Waals surface area contributed by atoms with Crippen molar-refractivity contribution in [3.63, 3.8) is 0 Å². The molecular weight excluding hydrogens is 116 g/mol. The molecule has 2 heteroatoms. The summed E-state index contributed by atoms with van der Waals surface area (Å²) in [5.74, 6) is 0.544. The summed E-state index contributed by atoms with van der Waals surface area (Å²) in [6.45, 7) is 6.22. The highest BCUT2D eigenvalue weighted by atomic mass is 16.6. The fraction of sp³-hybridized carbons (Fsp3) is 0.714. The average molecular weight is 128 g/mol. The zero-order chi connectivity index (χ0) is 6.85. The zero-order valence-electron chi connectivity index (χ0n) is 5.58. The van der Waals surface area contributed by atoms with Crippen molar-refractivity contribution in [3.05, 3.63) is 12.7 Å². The summed E-state index contributed by atoms with van der Waals surface area (Å²) in [4.78, 5) is 0. The number of rotatable bonds is 1. The molecule has 1 N–H and O–H groups in total. The van der Waals surface area contributed by atoms with Crippen LogP contribution in [-0.4, -0.2) is 18.0 Å². The van der Waals surface area contributed by atoms with Gasteiger partial charge in [-0.1, -0.05) is 13.0 Å². The minimum absolute atomic E-state index is 0.211. The molecule has 52 valence electrons. The lowest BCUT2D eigenvalue weighted by molar-refractivity contribution is -0.0786. The van der Waals surface area contributed by atoms with Gasteiger partial charge < -0.3 is 9.84 Å². The molecule has 3 atom stereocenters. The maximum Gasteiger partial charge on any atom is 0.157 e. The molecule has 0 aromatic carbocycles. The molecule has 0 amide bonds. The van der Waals surface area contributed by atoms with Gasteiger partial charge in [0.15, 0.2) is 6.29 Å². The van der Waals surface area contributed by atoms with Gasteiger partial charge in [-0.05, 0) is 0 Å². The number of aliphatic hydroxyl groups excluding tert-OH is 1. The molecule has 1 aliphatic heterocycles. The Morgan fingerprint density at radius 3 is 2.67 bits per heavy atom. The van der Waals surface area contributed by atoms with Crippen LogP contribution in [0.2, 0.25) is 0 Å². The molecular formula is C7H12O2. The fourth-order valence-corrected chi connectivity index (χ4v) is 1.01. The first-order valence-corrected chi connectivity index (χ1v) is 3.18. The predicted molar refractivity (Wildman–Crippen MR) is 34.8 cm³/mol. The fourth-order valence-electron chi connectivity index (χ4n) is 1.01. The van der Waals surface area contributed by atoms with Crippen LogP contribution < -0.4 is 0 Å². The molecule has 0 spiro atoms. The van der Waals surface area contributed by atoms with Crippen LogP contribution in [0.3, 0.4) is 0 Å². The standard InChI is InChI=1S/C7H12O2/c1-3-6-4-9-7(8)5(6)2/h3,5-8H,1,4H2,2H3/t5-,6-,7?/m0/s1. The van der Waals surface area contributed by atoms with Crippen LogP contribution >= 0.6 is 0 Å². The number of aliphatic hydroxyl groups is 1. The maximum absolute atomic E-state index is 9.03. The van der Waals surface area contributed by atoms with Crippen LogP contribution in [0.25, 0.3) is 0 Å². The van der Waals surface area contributed by atoms with Crippen molar-refractivity contribution in [1.82, 2.24) is 0 Å². The van der Waals surface area contributed by atoms with E-state index >= 15 is 0 Å². The van der Waals surface area contributed by atoms with Gasteiger partial charge in [-0.15, -0.1) is 6.58 Å². The lowest BCUT2D eigenvalue weighted by Gasteiger charge is -2.08. The van der Waals surface area contributed by atoms with E-state index in [9.17, 15) is 0 Å². The minimum atomic E-state index is -0.576. The zero-order valence-corrected chi connectivity index (χ0v) is 5.58. The van der Waals surface area contributed by atoms with Crippen molar-refractivity contribution in [2.45, 2.75) is 13.2 Å². The largest absolute Gasteiger partial charge is 0.368 e. The quantitative estimate of drug-likeness (QED) is 0.528. The van der Waals surface area contributed by atoms with Crippen molar-refractivity contribution in [1.29, 1.82) is 0 Å². The first-order valence-electron chi connectivity index (χ1n) is 3.18. The van der Waals surface area contributed by atoms with Crippen molar-refractivity contribution >= 4 is 0 Å². The monoisotopic (exact) mass is 128 g/mol. The molecule has 1 heterocycles. The molecule has 0 aliphatic carbocycles. The van der Waals surface area contributed by atoms with E-state index in [4.69, 9.17) is 9.84 Å². The van der Waals surface area contributed by atoms with E-state index < -0.39 is 6.29 Å². The van der Waals surface area contributed by atoms with Gasteiger partial charge in [-0.3, -0.25) is 0 Å². The van der Waals surface area contributed by atoms with E-state index in [1.165, 1.54) is 0 Å². The van der Waals surface area contributed by atoms with Gasteiger partial charge in [0.2, 0.25) is 0 Å². The first kappa shape index (κ1) is 6.78. The third kappa shape index (κ3) is 1.14. The van der Waals surface area contributed by atoms with Crippen molar-refractivity contribution in [2.24, 2.45) is 11.8 Å². The second kappa shape index (κ2) is 2.50. The summed E-state index contributed by atoms with van der Waals surface area (Å²) in [6.07, 6.45) is 1.26. The van der Waals surface area contributed by atoms with Gasteiger partial charge in [0.1, 0.15) is 0 Å². The summed E-state index contributed by atoms with van der Waals surface area (Å²) in [5, 5.41) is 9.03. The number of hydrogen-bond acceptors (Lipinski definition) is 2. The SMILES string of the molecule is C=C[C@H]1COC(O)[C@H]1C. The Morgan fingerprint density at radius 2 is 2.44 bits per heavy atom. The second-order valence-corrected chi connectivity index (χ2v) is 2.48.